The van der Waals surface area contributed by atoms with E-state index < -0.39 is 16.4 Å². The fraction of sp³-hybridized carbons (Fsp3) is 0.333. The number of hydrogen-bond donors (Lipinski definition) is 0. The fourth-order valence-electron chi connectivity index (χ4n) is 1.06. The molecule has 0 saturated carbocycles. The minimum atomic E-state index is -3.43. The largest absolute Gasteiger partial charge is 1.00 e. The van der Waals surface area contributed by atoms with Crippen molar-refractivity contribution in [2.45, 2.75) is 4.90 Å². The number of rotatable bonds is 4. The summed E-state index contributed by atoms with van der Waals surface area (Å²) in [6.07, 6.45) is 0. The predicted molar refractivity (Wildman–Crippen MR) is 53.8 cm³/mol. The van der Waals surface area contributed by atoms with E-state index in [0.717, 1.165) is 0 Å². The van der Waals surface area contributed by atoms with Crippen LogP contribution in [-0.4, -0.2) is 27.8 Å². The van der Waals surface area contributed by atoms with Crippen LogP contribution in [0.15, 0.2) is 39.4 Å². The topological polar surface area (TPSA) is 81.9 Å². The van der Waals surface area contributed by atoms with Gasteiger partial charge < -0.3 is 5.11 Å². The third-order valence-electron chi connectivity index (χ3n) is 1.76. The van der Waals surface area contributed by atoms with Crippen molar-refractivity contribution in [3.8, 4) is 0 Å². The zero-order valence-corrected chi connectivity index (χ0v) is 12.1. The molecule has 7 heteroatoms. The maximum Gasteiger partial charge on any atom is 1.00 e. The van der Waals surface area contributed by atoms with Gasteiger partial charge in [0.2, 0.25) is 0 Å². The molecule has 1 aromatic rings. The van der Waals surface area contributed by atoms with Crippen molar-refractivity contribution in [2.75, 3.05) is 19.4 Å². The van der Waals surface area contributed by atoms with Gasteiger partial charge in [0.15, 0.2) is 9.84 Å². The summed E-state index contributed by atoms with van der Waals surface area (Å²) < 4.78 is 22.9. The maximum atomic E-state index is 11.4. The summed E-state index contributed by atoms with van der Waals surface area (Å²) >= 11 is 0. The zero-order valence-electron chi connectivity index (χ0n) is 9.25. The Hall–Kier alpha value is -0.270. The Morgan fingerprint density at radius 2 is 1.81 bits per heavy atom. The molecule has 0 N–H and O–H groups in total. The normalized spacial score (nSPS) is 11.4. The summed E-state index contributed by atoms with van der Waals surface area (Å²) in [6.45, 7) is -0.626. The van der Waals surface area contributed by atoms with E-state index in [-0.39, 0.29) is 40.2 Å². The second kappa shape index (κ2) is 7.13. The van der Waals surface area contributed by atoms with Crippen molar-refractivity contribution in [3.63, 3.8) is 0 Å². The Morgan fingerprint density at radius 3 is 2.25 bits per heavy atom. The van der Waals surface area contributed by atoms with Crippen LogP contribution in [-0.2, 0) is 9.84 Å². The zero-order chi connectivity index (χ0) is 11.3. The van der Waals surface area contributed by atoms with Crippen LogP contribution in [0, 0.1) is 0 Å². The summed E-state index contributed by atoms with van der Waals surface area (Å²) in [5, 5.41) is 17.6. The molecule has 0 bridgehead atoms. The van der Waals surface area contributed by atoms with Crippen LogP contribution in [0.2, 0.25) is 0 Å². The molecule has 16 heavy (non-hydrogen) atoms. The van der Waals surface area contributed by atoms with Crippen LogP contribution in [0.25, 0.3) is 0 Å². The molecule has 0 fully saturated rings. The van der Waals surface area contributed by atoms with Gasteiger partial charge in [0, 0.05) is 12.8 Å². The average molecular weight is 250 g/mol. The molecule has 82 valence electrons. The van der Waals surface area contributed by atoms with Gasteiger partial charge in [-0.3, -0.25) is 0 Å². The molecule has 1 rings (SSSR count). The predicted octanol–water partition coefficient (Wildman–Crippen LogP) is -2.46. The summed E-state index contributed by atoms with van der Waals surface area (Å²) in [5.41, 5.74) is 0.582. The third kappa shape index (κ3) is 4.31. The Morgan fingerprint density at radius 1 is 1.25 bits per heavy atom. The molecule has 0 amide bonds. The van der Waals surface area contributed by atoms with Gasteiger partial charge in [0.05, 0.1) is 10.6 Å². The van der Waals surface area contributed by atoms with E-state index in [1.54, 1.807) is 12.1 Å². The Kier molecular flexibility index (Phi) is 7.01. The fourth-order valence-corrected chi connectivity index (χ4v) is 2.07. The summed E-state index contributed by atoms with van der Waals surface area (Å²) in [7, 11) is -1.90. The van der Waals surface area contributed by atoms with Gasteiger partial charge in [-0.25, -0.2) is 8.42 Å². The van der Waals surface area contributed by atoms with E-state index in [2.05, 4.69) is 10.2 Å². The third-order valence-corrected chi connectivity index (χ3v) is 3.46. The number of sulfone groups is 1. The molecular formula is C9H11N2NaO3S. The number of nitrogens with zero attached hydrogens (tertiary/aromatic N) is 2. The average Bonchev–Trinajstić information content (AvgIpc) is 2.19. The van der Waals surface area contributed by atoms with Crippen molar-refractivity contribution in [1.29, 1.82) is 0 Å². The first-order chi connectivity index (χ1) is 7.10. The minimum absolute atomic E-state index is 0. The summed E-state index contributed by atoms with van der Waals surface area (Å²) in [6, 6.07) is 5.94. The molecule has 0 unspecified atom stereocenters. The van der Waals surface area contributed by atoms with Crippen molar-refractivity contribution >= 4 is 15.5 Å². The standard InChI is InChI=1S/C9H11N2O3S.Na/c1-10-11-8-2-4-9(5-3-8)15(13,14)7-6-12;/h2-5H,6-7H2,1H3;/q-1;+1. The van der Waals surface area contributed by atoms with Crippen LogP contribution < -0.4 is 34.7 Å². The molecule has 0 aliphatic rings. The van der Waals surface area contributed by atoms with Crippen LogP contribution >= 0.6 is 0 Å². The minimum Gasteiger partial charge on any atom is -0.854 e. The summed E-state index contributed by atoms with van der Waals surface area (Å²) in [4.78, 5) is 0.147. The van der Waals surface area contributed by atoms with Crippen molar-refractivity contribution < 1.29 is 43.1 Å². The quantitative estimate of drug-likeness (QED) is 0.439. The molecule has 5 nitrogen and oxygen atoms in total. The number of benzene rings is 1. The molecule has 0 aromatic heterocycles. The van der Waals surface area contributed by atoms with Gasteiger partial charge in [-0.2, -0.15) is 10.2 Å². The molecule has 0 spiro atoms. The molecular weight excluding hydrogens is 239 g/mol. The van der Waals surface area contributed by atoms with E-state index in [9.17, 15) is 13.5 Å². The van der Waals surface area contributed by atoms with E-state index in [0.29, 0.717) is 5.69 Å². The Labute approximate surface area is 117 Å². The second-order valence-electron chi connectivity index (χ2n) is 2.82. The Bertz CT molecular complexity index is 442. The molecule has 0 heterocycles. The van der Waals surface area contributed by atoms with E-state index >= 15 is 0 Å². The molecule has 0 atom stereocenters. The van der Waals surface area contributed by atoms with Gasteiger partial charge in [0.25, 0.3) is 0 Å². The van der Waals surface area contributed by atoms with Gasteiger partial charge in [0.1, 0.15) is 0 Å². The van der Waals surface area contributed by atoms with Crippen LogP contribution in [0.4, 0.5) is 5.69 Å². The van der Waals surface area contributed by atoms with E-state index in [4.69, 9.17) is 0 Å². The van der Waals surface area contributed by atoms with Crippen LogP contribution in [0.1, 0.15) is 0 Å². The van der Waals surface area contributed by atoms with Crippen molar-refractivity contribution in [2.24, 2.45) is 10.2 Å². The van der Waals surface area contributed by atoms with Gasteiger partial charge >= 0.3 is 29.6 Å². The van der Waals surface area contributed by atoms with Crippen LogP contribution in [0.5, 0.6) is 0 Å². The molecule has 0 saturated heterocycles. The van der Waals surface area contributed by atoms with E-state index in [1.165, 1.54) is 19.2 Å². The Balaban J connectivity index is 0.00000225. The van der Waals surface area contributed by atoms with Crippen LogP contribution in [0.3, 0.4) is 0 Å². The van der Waals surface area contributed by atoms with Gasteiger partial charge in [-0.1, -0.05) is 0 Å². The first-order valence-electron chi connectivity index (χ1n) is 4.31. The SMILES string of the molecule is CN=Nc1ccc(S(=O)(=O)CC[O-])cc1.[Na+]. The van der Waals surface area contributed by atoms with Crippen molar-refractivity contribution in [1.82, 2.24) is 0 Å². The monoisotopic (exact) mass is 250 g/mol. The molecule has 0 aliphatic carbocycles. The van der Waals surface area contributed by atoms with Gasteiger partial charge in [-0.15, -0.1) is 6.61 Å². The smallest absolute Gasteiger partial charge is 0.854 e. The first kappa shape index (κ1) is 15.7. The summed E-state index contributed by atoms with van der Waals surface area (Å²) in [5.74, 6) is -0.373. The first-order valence-corrected chi connectivity index (χ1v) is 5.96. The molecule has 0 radical (unpaired) electrons. The number of azo groups is 1. The molecule has 1 aromatic carbocycles. The van der Waals surface area contributed by atoms with E-state index in [1.807, 2.05) is 0 Å². The number of hydrogen-bond acceptors (Lipinski definition) is 5. The maximum absolute atomic E-state index is 11.4. The second-order valence-corrected chi connectivity index (χ2v) is 4.93. The molecule has 0 aliphatic heterocycles. The van der Waals surface area contributed by atoms with Gasteiger partial charge in [-0.05, 0) is 24.3 Å². The van der Waals surface area contributed by atoms with Crippen molar-refractivity contribution in [3.05, 3.63) is 24.3 Å².